The van der Waals surface area contributed by atoms with E-state index < -0.39 is 6.10 Å². The molecule has 2 aromatic rings. The number of hydrogen-bond donors (Lipinski definition) is 2. The number of piperidine rings is 1. The van der Waals surface area contributed by atoms with Crippen molar-refractivity contribution in [2.24, 2.45) is 0 Å². The molecule has 1 aliphatic rings. The molecule has 29 heavy (non-hydrogen) atoms. The van der Waals surface area contributed by atoms with Gasteiger partial charge in [-0.1, -0.05) is 24.6 Å². The van der Waals surface area contributed by atoms with Gasteiger partial charge in [-0.05, 0) is 64.9 Å². The molecule has 1 aliphatic heterocycles. The molecule has 0 bridgehead atoms. The van der Waals surface area contributed by atoms with Crippen LogP contribution in [0.2, 0.25) is 0 Å². The lowest BCUT2D eigenvalue weighted by Crippen LogP contribution is -2.38. The summed E-state index contributed by atoms with van der Waals surface area (Å²) in [5.41, 5.74) is 3.41. The summed E-state index contributed by atoms with van der Waals surface area (Å²) in [5.74, 6) is 0.858. The molecule has 3 rings (SSSR count). The Labute approximate surface area is 174 Å². The fraction of sp³-hybridized carbons (Fsp3) is 0.609. The van der Waals surface area contributed by atoms with Gasteiger partial charge in [-0.2, -0.15) is 5.10 Å². The molecule has 1 atom stereocenters. The molecule has 1 fully saturated rings. The SMILES string of the molecule is Cc1cc(C)n(CCCNCc2ccccc2OC[C@@H](O)CN2CCCCC2)n1. The van der Waals surface area contributed by atoms with Gasteiger partial charge in [0, 0.05) is 30.9 Å². The Morgan fingerprint density at radius 3 is 2.72 bits per heavy atom. The third-order valence-corrected chi connectivity index (χ3v) is 5.46. The molecule has 0 aliphatic carbocycles. The van der Waals surface area contributed by atoms with Crippen molar-refractivity contribution < 1.29 is 9.84 Å². The maximum Gasteiger partial charge on any atom is 0.123 e. The zero-order valence-corrected chi connectivity index (χ0v) is 17.9. The minimum Gasteiger partial charge on any atom is -0.491 e. The van der Waals surface area contributed by atoms with E-state index in [1.807, 2.05) is 25.1 Å². The van der Waals surface area contributed by atoms with Crippen molar-refractivity contribution in [2.45, 2.75) is 58.7 Å². The quantitative estimate of drug-likeness (QED) is 0.568. The van der Waals surface area contributed by atoms with Gasteiger partial charge < -0.3 is 20.1 Å². The summed E-state index contributed by atoms with van der Waals surface area (Å²) in [5, 5.41) is 18.3. The Morgan fingerprint density at radius 1 is 1.17 bits per heavy atom. The zero-order chi connectivity index (χ0) is 20.5. The highest BCUT2D eigenvalue weighted by Crippen LogP contribution is 2.18. The highest BCUT2D eigenvalue weighted by molar-refractivity contribution is 5.33. The molecular weight excluding hydrogens is 364 g/mol. The number of aliphatic hydroxyl groups excluding tert-OH is 1. The number of para-hydroxylation sites is 1. The molecule has 0 amide bonds. The van der Waals surface area contributed by atoms with E-state index in [-0.39, 0.29) is 0 Å². The lowest BCUT2D eigenvalue weighted by atomic mass is 10.1. The van der Waals surface area contributed by atoms with Crippen molar-refractivity contribution in [3.63, 3.8) is 0 Å². The van der Waals surface area contributed by atoms with Crippen LogP contribution in [0.5, 0.6) is 5.75 Å². The van der Waals surface area contributed by atoms with E-state index in [2.05, 4.69) is 39.1 Å². The van der Waals surface area contributed by atoms with Gasteiger partial charge >= 0.3 is 0 Å². The Hall–Kier alpha value is -1.89. The molecule has 2 N–H and O–H groups in total. The van der Waals surface area contributed by atoms with Crippen molar-refractivity contribution in [3.05, 3.63) is 47.3 Å². The number of likely N-dealkylation sites (tertiary alicyclic amines) is 1. The van der Waals surface area contributed by atoms with Crippen molar-refractivity contribution in [1.29, 1.82) is 0 Å². The van der Waals surface area contributed by atoms with Crippen LogP contribution in [0.25, 0.3) is 0 Å². The molecule has 1 aromatic heterocycles. The maximum atomic E-state index is 10.3. The second kappa shape index (κ2) is 11.3. The monoisotopic (exact) mass is 400 g/mol. The van der Waals surface area contributed by atoms with Crippen molar-refractivity contribution in [3.8, 4) is 5.75 Å². The smallest absolute Gasteiger partial charge is 0.123 e. The van der Waals surface area contributed by atoms with Crippen LogP contribution in [0.4, 0.5) is 0 Å². The summed E-state index contributed by atoms with van der Waals surface area (Å²) in [6.45, 7) is 9.96. The normalized spacial score (nSPS) is 16.1. The molecule has 2 heterocycles. The van der Waals surface area contributed by atoms with Gasteiger partial charge in [0.15, 0.2) is 0 Å². The molecule has 0 radical (unpaired) electrons. The van der Waals surface area contributed by atoms with Crippen LogP contribution < -0.4 is 10.1 Å². The number of β-amino-alcohol motifs (C(OH)–C–C–N with tert-alkyl or cyclic N) is 1. The minimum absolute atomic E-state index is 0.339. The van der Waals surface area contributed by atoms with Crippen LogP contribution in [-0.2, 0) is 13.1 Å². The van der Waals surface area contributed by atoms with Gasteiger partial charge in [-0.25, -0.2) is 0 Å². The lowest BCUT2D eigenvalue weighted by Gasteiger charge is -2.28. The lowest BCUT2D eigenvalue weighted by molar-refractivity contribution is 0.0614. The van der Waals surface area contributed by atoms with Crippen LogP contribution in [-0.4, -0.2) is 58.7 Å². The van der Waals surface area contributed by atoms with Gasteiger partial charge in [-0.3, -0.25) is 4.68 Å². The Kier molecular flexibility index (Phi) is 8.52. The number of benzene rings is 1. The number of hydrogen-bond acceptors (Lipinski definition) is 5. The van der Waals surface area contributed by atoms with Crippen LogP contribution in [0.15, 0.2) is 30.3 Å². The van der Waals surface area contributed by atoms with Gasteiger partial charge in [0.2, 0.25) is 0 Å². The standard InChI is InChI=1S/C23H36N4O2/c1-19-15-20(2)27(25-19)14-8-11-24-16-21-9-4-5-10-23(21)29-18-22(28)17-26-12-6-3-7-13-26/h4-5,9-10,15,22,24,28H,3,6-8,11-14,16-18H2,1-2H3/t22-/m0/s1. The van der Waals surface area contributed by atoms with E-state index in [0.29, 0.717) is 13.2 Å². The molecule has 0 saturated carbocycles. The molecule has 1 aromatic carbocycles. The number of ether oxygens (including phenoxy) is 1. The second-order valence-electron chi connectivity index (χ2n) is 8.11. The first-order chi connectivity index (χ1) is 14.1. The minimum atomic E-state index is -0.449. The molecule has 1 saturated heterocycles. The second-order valence-corrected chi connectivity index (χ2v) is 8.11. The Morgan fingerprint density at radius 2 is 1.97 bits per heavy atom. The van der Waals surface area contributed by atoms with Crippen LogP contribution in [0.3, 0.4) is 0 Å². The highest BCUT2D eigenvalue weighted by Gasteiger charge is 2.15. The molecule has 160 valence electrons. The number of aliphatic hydroxyl groups is 1. The highest BCUT2D eigenvalue weighted by atomic mass is 16.5. The van der Waals surface area contributed by atoms with Crippen LogP contribution in [0.1, 0.15) is 42.6 Å². The topological polar surface area (TPSA) is 62.6 Å². The molecule has 0 spiro atoms. The van der Waals surface area contributed by atoms with E-state index >= 15 is 0 Å². The van der Waals surface area contributed by atoms with E-state index in [4.69, 9.17) is 4.74 Å². The summed E-state index contributed by atoms with van der Waals surface area (Å²) in [6.07, 6.45) is 4.36. The predicted octanol–water partition coefficient (Wildman–Crippen LogP) is 2.91. The van der Waals surface area contributed by atoms with E-state index in [0.717, 1.165) is 56.2 Å². The number of rotatable bonds is 11. The average Bonchev–Trinajstić information content (AvgIpc) is 3.04. The number of nitrogens with one attached hydrogen (secondary N) is 1. The number of aromatic nitrogens is 2. The van der Waals surface area contributed by atoms with Crippen LogP contribution >= 0.6 is 0 Å². The third-order valence-electron chi connectivity index (χ3n) is 5.46. The average molecular weight is 401 g/mol. The molecule has 6 nitrogen and oxygen atoms in total. The molecule has 6 heteroatoms. The summed E-state index contributed by atoms with van der Waals surface area (Å²) in [4.78, 5) is 2.34. The molecule has 0 unspecified atom stereocenters. The summed E-state index contributed by atoms with van der Waals surface area (Å²) in [7, 11) is 0. The fourth-order valence-electron chi connectivity index (χ4n) is 3.95. The van der Waals surface area contributed by atoms with Crippen molar-refractivity contribution in [1.82, 2.24) is 20.0 Å². The summed E-state index contributed by atoms with van der Waals surface area (Å²) in [6, 6.07) is 10.2. The zero-order valence-electron chi connectivity index (χ0n) is 17.9. The first-order valence-corrected chi connectivity index (χ1v) is 10.9. The Balaban J connectivity index is 1.38. The predicted molar refractivity (Wildman–Crippen MR) is 116 cm³/mol. The largest absolute Gasteiger partial charge is 0.491 e. The first-order valence-electron chi connectivity index (χ1n) is 10.9. The fourth-order valence-corrected chi connectivity index (χ4v) is 3.95. The summed E-state index contributed by atoms with van der Waals surface area (Å²) < 4.78 is 8.02. The van der Waals surface area contributed by atoms with Gasteiger partial charge in [0.05, 0.1) is 5.69 Å². The van der Waals surface area contributed by atoms with E-state index in [1.54, 1.807) is 0 Å². The molecular formula is C23H36N4O2. The van der Waals surface area contributed by atoms with Crippen molar-refractivity contribution in [2.75, 3.05) is 32.8 Å². The van der Waals surface area contributed by atoms with E-state index in [9.17, 15) is 5.11 Å². The maximum absolute atomic E-state index is 10.3. The Bertz CT molecular complexity index is 740. The third kappa shape index (κ3) is 7.14. The first kappa shape index (κ1) is 21.8. The van der Waals surface area contributed by atoms with E-state index in [1.165, 1.54) is 25.0 Å². The van der Waals surface area contributed by atoms with Gasteiger partial charge in [-0.15, -0.1) is 0 Å². The summed E-state index contributed by atoms with van der Waals surface area (Å²) >= 11 is 0. The number of nitrogens with zero attached hydrogens (tertiary/aromatic N) is 3. The van der Waals surface area contributed by atoms with Crippen LogP contribution in [0, 0.1) is 13.8 Å². The number of aryl methyl sites for hydroxylation is 3. The van der Waals surface area contributed by atoms with Gasteiger partial charge in [0.1, 0.15) is 18.5 Å². The van der Waals surface area contributed by atoms with Gasteiger partial charge in [0.25, 0.3) is 0 Å². The van der Waals surface area contributed by atoms with Crippen molar-refractivity contribution >= 4 is 0 Å².